The van der Waals surface area contributed by atoms with Gasteiger partial charge in [0.15, 0.2) is 0 Å². The third kappa shape index (κ3) is 2.50. The molecule has 0 spiro atoms. The molecule has 1 amide bonds. The molecule has 0 aromatic rings. The van der Waals surface area contributed by atoms with Crippen LogP contribution in [0.15, 0.2) is 0 Å². The summed E-state index contributed by atoms with van der Waals surface area (Å²) in [5.41, 5.74) is 5.35. The smallest absolute Gasteiger partial charge is 0.222 e. The van der Waals surface area contributed by atoms with Crippen LogP contribution in [0.25, 0.3) is 0 Å². The minimum absolute atomic E-state index is 0.310. The SMILES string of the molecule is NCCCN1CCCCC1=O. The Morgan fingerprint density at radius 1 is 1.45 bits per heavy atom. The summed E-state index contributed by atoms with van der Waals surface area (Å²) in [4.78, 5) is 13.1. The number of nitrogens with two attached hydrogens (primary N) is 1. The van der Waals surface area contributed by atoms with Gasteiger partial charge >= 0.3 is 0 Å². The second-order valence-electron chi connectivity index (χ2n) is 2.98. The fourth-order valence-corrected chi connectivity index (χ4v) is 1.38. The first-order valence-electron chi connectivity index (χ1n) is 4.32. The van der Waals surface area contributed by atoms with Crippen molar-refractivity contribution in [1.82, 2.24) is 4.90 Å². The number of carbonyl (C=O) groups is 1. The molecule has 0 radical (unpaired) electrons. The van der Waals surface area contributed by atoms with Gasteiger partial charge in [0, 0.05) is 19.5 Å². The number of amides is 1. The summed E-state index contributed by atoms with van der Waals surface area (Å²) in [5.74, 6) is 0.310. The van der Waals surface area contributed by atoms with Crippen LogP contribution >= 0.6 is 0 Å². The Hall–Kier alpha value is -0.570. The highest BCUT2D eigenvalue weighted by Gasteiger charge is 2.16. The summed E-state index contributed by atoms with van der Waals surface area (Å²) in [7, 11) is 0. The molecule has 0 bridgehead atoms. The molecular formula is C8H16N2O. The molecule has 1 heterocycles. The predicted molar refractivity (Wildman–Crippen MR) is 44.1 cm³/mol. The molecule has 64 valence electrons. The van der Waals surface area contributed by atoms with Gasteiger partial charge in [-0.15, -0.1) is 0 Å². The summed E-state index contributed by atoms with van der Waals surface area (Å²) in [6.07, 6.45) is 3.91. The van der Waals surface area contributed by atoms with Crippen LogP contribution in [0.4, 0.5) is 0 Å². The van der Waals surface area contributed by atoms with Crippen molar-refractivity contribution >= 4 is 5.91 Å². The normalized spacial score (nSPS) is 19.0. The molecule has 1 fully saturated rings. The quantitative estimate of drug-likeness (QED) is 0.640. The molecule has 0 aliphatic carbocycles. The number of hydrogen-bond donors (Lipinski definition) is 1. The molecule has 3 heteroatoms. The van der Waals surface area contributed by atoms with Gasteiger partial charge in [0.05, 0.1) is 0 Å². The lowest BCUT2D eigenvalue weighted by molar-refractivity contribution is -0.133. The molecule has 1 saturated heterocycles. The molecule has 0 unspecified atom stereocenters. The van der Waals surface area contributed by atoms with Gasteiger partial charge in [-0.1, -0.05) is 0 Å². The lowest BCUT2D eigenvalue weighted by Crippen LogP contribution is -2.36. The average Bonchev–Trinajstić information content (AvgIpc) is 2.03. The molecule has 3 nitrogen and oxygen atoms in total. The Bertz CT molecular complexity index is 136. The van der Waals surface area contributed by atoms with Crippen molar-refractivity contribution in [3.63, 3.8) is 0 Å². The molecule has 1 aliphatic rings. The first-order valence-corrected chi connectivity index (χ1v) is 4.32. The van der Waals surface area contributed by atoms with E-state index in [-0.39, 0.29) is 0 Å². The van der Waals surface area contributed by atoms with Crippen molar-refractivity contribution < 1.29 is 4.79 Å². The van der Waals surface area contributed by atoms with E-state index >= 15 is 0 Å². The van der Waals surface area contributed by atoms with Crippen LogP contribution in [0.5, 0.6) is 0 Å². The van der Waals surface area contributed by atoms with Crippen LogP contribution in [-0.2, 0) is 4.79 Å². The first-order chi connectivity index (χ1) is 5.34. The zero-order valence-corrected chi connectivity index (χ0v) is 6.88. The highest BCUT2D eigenvalue weighted by molar-refractivity contribution is 5.76. The van der Waals surface area contributed by atoms with Crippen molar-refractivity contribution in [2.24, 2.45) is 5.73 Å². The minimum Gasteiger partial charge on any atom is -0.343 e. The molecule has 0 aromatic carbocycles. The lowest BCUT2D eigenvalue weighted by atomic mass is 10.1. The number of carbonyl (C=O) groups excluding carboxylic acids is 1. The van der Waals surface area contributed by atoms with Crippen molar-refractivity contribution in [3.8, 4) is 0 Å². The summed E-state index contributed by atoms with van der Waals surface area (Å²) in [5, 5.41) is 0. The van der Waals surface area contributed by atoms with Crippen LogP contribution in [-0.4, -0.2) is 30.4 Å². The highest BCUT2D eigenvalue weighted by Crippen LogP contribution is 2.09. The Labute approximate surface area is 67.5 Å². The largest absolute Gasteiger partial charge is 0.343 e. The fourth-order valence-electron chi connectivity index (χ4n) is 1.38. The van der Waals surface area contributed by atoms with E-state index < -0.39 is 0 Å². The minimum atomic E-state index is 0.310. The van der Waals surface area contributed by atoms with Gasteiger partial charge in [-0.05, 0) is 25.8 Å². The Morgan fingerprint density at radius 3 is 2.91 bits per heavy atom. The van der Waals surface area contributed by atoms with Crippen LogP contribution in [0.1, 0.15) is 25.7 Å². The molecular weight excluding hydrogens is 140 g/mol. The second-order valence-corrected chi connectivity index (χ2v) is 2.98. The van der Waals surface area contributed by atoms with E-state index in [2.05, 4.69) is 0 Å². The number of hydrogen-bond acceptors (Lipinski definition) is 2. The summed E-state index contributed by atoms with van der Waals surface area (Å²) < 4.78 is 0. The summed E-state index contributed by atoms with van der Waals surface area (Å²) >= 11 is 0. The first kappa shape index (κ1) is 8.53. The predicted octanol–water partition coefficient (Wildman–Crippen LogP) is 0.348. The molecule has 2 N–H and O–H groups in total. The van der Waals surface area contributed by atoms with Gasteiger partial charge in [-0.3, -0.25) is 4.79 Å². The molecule has 0 saturated carbocycles. The van der Waals surface area contributed by atoms with Gasteiger partial charge in [0.1, 0.15) is 0 Å². The zero-order chi connectivity index (χ0) is 8.10. The fraction of sp³-hybridized carbons (Fsp3) is 0.875. The average molecular weight is 156 g/mol. The van der Waals surface area contributed by atoms with Crippen LogP contribution in [0, 0.1) is 0 Å². The van der Waals surface area contributed by atoms with E-state index in [9.17, 15) is 4.79 Å². The molecule has 11 heavy (non-hydrogen) atoms. The van der Waals surface area contributed by atoms with E-state index in [1.807, 2.05) is 4.90 Å². The van der Waals surface area contributed by atoms with E-state index in [1.165, 1.54) is 0 Å². The van der Waals surface area contributed by atoms with E-state index in [0.29, 0.717) is 12.5 Å². The molecule has 1 rings (SSSR count). The van der Waals surface area contributed by atoms with E-state index in [1.54, 1.807) is 0 Å². The van der Waals surface area contributed by atoms with E-state index in [0.717, 1.165) is 38.8 Å². The Morgan fingerprint density at radius 2 is 2.27 bits per heavy atom. The maximum Gasteiger partial charge on any atom is 0.222 e. The standard InChI is InChI=1S/C8H16N2O/c9-5-3-7-10-6-2-1-4-8(10)11/h1-7,9H2. The van der Waals surface area contributed by atoms with Crippen molar-refractivity contribution in [1.29, 1.82) is 0 Å². The van der Waals surface area contributed by atoms with Crippen molar-refractivity contribution in [2.45, 2.75) is 25.7 Å². The Kier molecular flexibility index (Phi) is 3.36. The van der Waals surface area contributed by atoms with Gasteiger partial charge in [-0.2, -0.15) is 0 Å². The maximum absolute atomic E-state index is 11.2. The third-order valence-electron chi connectivity index (χ3n) is 2.05. The zero-order valence-electron chi connectivity index (χ0n) is 6.88. The number of piperidine rings is 1. The monoisotopic (exact) mass is 156 g/mol. The molecule has 0 aromatic heterocycles. The third-order valence-corrected chi connectivity index (χ3v) is 2.05. The van der Waals surface area contributed by atoms with Gasteiger partial charge < -0.3 is 10.6 Å². The van der Waals surface area contributed by atoms with Gasteiger partial charge in [-0.25, -0.2) is 0 Å². The summed E-state index contributed by atoms with van der Waals surface area (Å²) in [6.45, 7) is 2.48. The van der Waals surface area contributed by atoms with Gasteiger partial charge in [0.25, 0.3) is 0 Å². The molecule has 0 atom stereocenters. The second kappa shape index (κ2) is 4.34. The van der Waals surface area contributed by atoms with Crippen molar-refractivity contribution in [3.05, 3.63) is 0 Å². The van der Waals surface area contributed by atoms with Crippen molar-refractivity contribution in [2.75, 3.05) is 19.6 Å². The maximum atomic E-state index is 11.2. The molecule has 1 aliphatic heterocycles. The Balaban J connectivity index is 2.24. The number of nitrogens with zero attached hydrogens (tertiary/aromatic N) is 1. The number of rotatable bonds is 3. The topological polar surface area (TPSA) is 46.3 Å². The highest BCUT2D eigenvalue weighted by atomic mass is 16.2. The van der Waals surface area contributed by atoms with Crippen LogP contribution in [0.3, 0.4) is 0 Å². The lowest BCUT2D eigenvalue weighted by Gasteiger charge is -2.26. The van der Waals surface area contributed by atoms with E-state index in [4.69, 9.17) is 5.73 Å². The summed E-state index contributed by atoms with van der Waals surface area (Å²) in [6, 6.07) is 0. The number of likely N-dealkylation sites (tertiary alicyclic amines) is 1. The van der Waals surface area contributed by atoms with Crippen LogP contribution < -0.4 is 5.73 Å². The van der Waals surface area contributed by atoms with Crippen LogP contribution in [0.2, 0.25) is 0 Å². The van der Waals surface area contributed by atoms with Gasteiger partial charge in [0.2, 0.25) is 5.91 Å².